The predicted molar refractivity (Wildman–Crippen MR) is 50.2 cm³/mol. The van der Waals surface area contributed by atoms with Gasteiger partial charge in [-0.15, -0.1) is 0 Å². The lowest BCUT2D eigenvalue weighted by Gasteiger charge is -2.03. The van der Waals surface area contributed by atoms with Crippen molar-refractivity contribution < 1.29 is 8.78 Å². The van der Waals surface area contributed by atoms with Crippen LogP contribution in [0, 0.1) is 11.6 Å². The Labute approximate surface area is 83.4 Å². The Balaban J connectivity index is 2.69. The fourth-order valence-corrected chi connectivity index (χ4v) is 1.26. The van der Waals surface area contributed by atoms with Gasteiger partial charge in [0.05, 0.1) is 23.7 Å². The van der Waals surface area contributed by atoms with E-state index in [1.807, 2.05) is 0 Å². The molecule has 0 aliphatic rings. The van der Waals surface area contributed by atoms with Crippen molar-refractivity contribution >= 4 is 0 Å². The molecule has 1 aromatic carbocycles. The second-order valence-electron chi connectivity index (χ2n) is 2.91. The zero-order chi connectivity index (χ0) is 10.8. The van der Waals surface area contributed by atoms with Gasteiger partial charge in [0.2, 0.25) is 0 Å². The lowest BCUT2D eigenvalue weighted by atomic mass is 10.1. The maximum atomic E-state index is 13.3. The highest BCUT2D eigenvalue weighted by Gasteiger charge is 2.11. The van der Waals surface area contributed by atoms with Gasteiger partial charge in [0.25, 0.3) is 5.56 Å². The molecule has 0 atom stereocenters. The summed E-state index contributed by atoms with van der Waals surface area (Å²) in [5, 5.41) is 0. The van der Waals surface area contributed by atoms with Crippen LogP contribution in [0.3, 0.4) is 0 Å². The van der Waals surface area contributed by atoms with Gasteiger partial charge in [-0.1, -0.05) is 6.07 Å². The van der Waals surface area contributed by atoms with Crippen LogP contribution in [0.1, 0.15) is 0 Å². The lowest BCUT2D eigenvalue weighted by molar-refractivity contribution is 0.588. The minimum atomic E-state index is -0.737. The second kappa shape index (κ2) is 3.61. The van der Waals surface area contributed by atoms with E-state index in [0.717, 1.165) is 18.3 Å². The van der Waals surface area contributed by atoms with E-state index in [0.29, 0.717) is 0 Å². The van der Waals surface area contributed by atoms with Gasteiger partial charge in [-0.3, -0.25) is 9.78 Å². The summed E-state index contributed by atoms with van der Waals surface area (Å²) in [6.45, 7) is 0. The minimum absolute atomic E-state index is 0.0260. The van der Waals surface area contributed by atoms with Crippen molar-refractivity contribution in [2.45, 2.75) is 0 Å². The Morgan fingerprint density at radius 1 is 1.13 bits per heavy atom. The number of rotatable bonds is 1. The molecule has 0 saturated carbocycles. The highest BCUT2D eigenvalue weighted by atomic mass is 19.1. The number of H-pyrrole nitrogens is 1. The maximum absolute atomic E-state index is 13.3. The van der Waals surface area contributed by atoms with Crippen molar-refractivity contribution in [2.75, 3.05) is 0 Å². The van der Waals surface area contributed by atoms with E-state index in [9.17, 15) is 13.6 Å². The Morgan fingerprint density at radius 2 is 1.80 bits per heavy atom. The van der Waals surface area contributed by atoms with E-state index in [-0.39, 0.29) is 11.3 Å². The van der Waals surface area contributed by atoms with Crippen molar-refractivity contribution in [3.05, 3.63) is 52.6 Å². The largest absolute Gasteiger partial charge is 0.319 e. The summed E-state index contributed by atoms with van der Waals surface area (Å²) in [6.07, 6.45) is 2.23. The van der Waals surface area contributed by atoms with Crippen LogP contribution in [0.4, 0.5) is 8.78 Å². The van der Waals surface area contributed by atoms with Crippen molar-refractivity contribution in [2.24, 2.45) is 0 Å². The molecule has 1 N–H and O–H groups in total. The first kappa shape index (κ1) is 9.51. The standard InChI is InChI=1S/C10H6F2N2O/c11-6-2-1-3-7(12)10(6)8-4-13-5-9(15)14-8/h1-5H,(H,14,15). The van der Waals surface area contributed by atoms with Crippen LogP contribution in [-0.4, -0.2) is 9.97 Å². The topological polar surface area (TPSA) is 45.8 Å². The van der Waals surface area contributed by atoms with E-state index >= 15 is 0 Å². The third-order valence-corrected chi connectivity index (χ3v) is 1.89. The Morgan fingerprint density at radius 3 is 2.40 bits per heavy atom. The molecule has 76 valence electrons. The average molecular weight is 208 g/mol. The first-order chi connectivity index (χ1) is 7.18. The van der Waals surface area contributed by atoms with Crippen LogP contribution >= 0.6 is 0 Å². The number of aromatic nitrogens is 2. The van der Waals surface area contributed by atoms with Crippen LogP contribution in [0.25, 0.3) is 11.3 Å². The van der Waals surface area contributed by atoms with Crippen molar-refractivity contribution in [3.8, 4) is 11.3 Å². The number of nitrogens with zero attached hydrogens (tertiary/aromatic N) is 1. The number of benzene rings is 1. The number of hydrogen-bond donors (Lipinski definition) is 1. The molecule has 0 unspecified atom stereocenters. The third kappa shape index (κ3) is 1.76. The number of hydrogen-bond acceptors (Lipinski definition) is 2. The average Bonchev–Trinajstić information content (AvgIpc) is 2.17. The van der Waals surface area contributed by atoms with Gasteiger partial charge in [0, 0.05) is 0 Å². The highest BCUT2D eigenvalue weighted by Crippen LogP contribution is 2.22. The molecule has 1 aromatic heterocycles. The number of nitrogens with one attached hydrogen (secondary N) is 1. The molecule has 0 bridgehead atoms. The molecule has 15 heavy (non-hydrogen) atoms. The van der Waals surface area contributed by atoms with Gasteiger partial charge in [-0.2, -0.15) is 0 Å². The smallest absolute Gasteiger partial charge is 0.266 e. The van der Waals surface area contributed by atoms with Gasteiger partial charge in [0.15, 0.2) is 0 Å². The van der Waals surface area contributed by atoms with Crippen LogP contribution < -0.4 is 5.56 Å². The Kier molecular flexibility index (Phi) is 2.29. The van der Waals surface area contributed by atoms with Crippen LogP contribution in [0.2, 0.25) is 0 Å². The fourth-order valence-electron chi connectivity index (χ4n) is 1.26. The van der Waals surface area contributed by atoms with E-state index in [1.165, 1.54) is 12.3 Å². The van der Waals surface area contributed by atoms with Crippen molar-refractivity contribution in [1.29, 1.82) is 0 Å². The van der Waals surface area contributed by atoms with E-state index in [1.54, 1.807) is 0 Å². The van der Waals surface area contributed by atoms with Gasteiger partial charge >= 0.3 is 0 Å². The van der Waals surface area contributed by atoms with Gasteiger partial charge in [-0.25, -0.2) is 8.78 Å². The zero-order valence-corrected chi connectivity index (χ0v) is 7.50. The molecule has 0 aliphatic carbocycles. The summed E-state index contributed by atoms with van der Waals surface area (Å²) in [5.41, 5.74) is -0.754. The Bertz CT molecular complexity index is 531. The molecular formula is C10H6F2N2O. The quantitative estimate of drug-likeness (QED) is 0.775. The fraction of sp³-hybridized carbons (Fsp3) is 0. The Hall–Kier alpha value is -2.04. The molecule has 0 spiro atoms. The van der Waals surface area contributed by atoms with E-state index in [2.05, 4.69) is 9.97 Å². The van der Waals surface area contributed by atoms with Gasteiger partial charge in [0.1, 0.15) is 11.6 Å². The zero-order valence-electron chi connectivity index (χ0n) is 7.50. The highest BCUT2D eigenvalue weighted by molar-refractivity contribution is 5.59. The summed E-state index contributed by atoms with van der Waals surface area (Å²) >= 11 is 0. The summed E-state index contributed by atoms with van der Waals surface area (Å²) in [7, 11) is 0. The molecule has 1 heterocycles. The van der Waals surface area contributed by atoms with Crippen LogP contribution in [-0.2, 0) is 0 Å². The SMILES string of the molecule is O=c1cncc(-c2c(F)cccc2F)[nH]1. The second-order valence-corrected chi connectivity index (χ2v) is 2.91. The number of aromatic amines is 1. The summed E-state index contributed by atoms with van der Waals surface area (Å²) < 4.78 is 26.6. The van der Waals surface area contributed by atoms with Crippen molar-refractivity contribution in [1.82, 2.24) is 9.97 Å². The maximum Gasteiger partial charge on any atom is 0.266 e. The molecule has 2 rings (SSSR count). The summed E-state index contributed by atoms with van der Waals surface area (Å²) in [5.74, 6) is -1.47. The first-order valence-electron chi connectivity index (χ1n) is 4.17. The summed E-state index contributed by atoms with van der Waals surface area (Å²) in [6, 6.07) is 3.48. The number of halogens is 2. The van der Waals surface area contributed by atoms with Gasteiger partial charge in [-0.05, 0) is 12.1 Å². The van der Waals surface area contributed by atoms with Gasteiger partial charge < -0.3 is 4.98 Å². The molecule has 0 radical (unpaired) electrons. The van der Waals surface area contributed by atoms with E-state index in [4.69, 9.17) is 0 Å². The molecule has 5 heteroatoms. The lowest BCUT2D eigenvalue weighted by Crippen LogP contribution is -2.07. The molecule has 2 aromatic rings. The molecule has 3 nitrogen and oxygen atoms in total. The van der Waals surface area contributed by atoms with Crippen LogP contribution in [0.15, 0.2) is 35.4 Å². The van der Waals surface area contributed by atoms with Crippen LogP contribution in [0.5, 0.6) is 0 Å². The van der Waals surface area contributed by atoms with E-state index < -0.39 is 17.2 Å². The monoisotopic (exact) mass is 208 g/mol. The first-order valence-corrected chi connectivity index (χ1v) is 4.17. The molecule has 0 aliphatic heterocycles. The van der Waals surface area contributed by atoms with Crippen molar-refractivity contribution in [3.63, 3.8) is 0 Å². The molecular weight excluding hydrogens is 202 g/mol. The molecule has 0 saturated heterocycles. The third-order valence-electron chi connectivity index (χ3n) is 1.89. The molecule has 0 fully saturated rings. The minimum Gasteiger partial charge on any atom is -0.319 e. The predicted octanol–water partition coefficient (Wildman–Crippen LogP) is 1.72. The summed E-state index contributed by atoms with van der Waals surface area (Å²) in [4.78, 5) is 16.8. The molecule has 0 amide bonds. The normalized spacial score (nSPS) is 10.3.